The first-order valence-electron chi connectivity index (χ1n) is 13.9. The Hall–Kier alpha value is -2.74. The second kappa shape index (κ2) is 21.2. The third-order valence-electron chi connectivity index (χ3n) is 5.99. The molecule has 0 amide bonds. The number of rotatable bonds is 22. The van der Waals surface area contributed by atoms with E-state index in [0.717, 1.165) is 51.4 Å². The molecule has 0 aromatic heterocycles. The van der Waals surface area contributed by atoms with Gasteiger partial charge in [-0.15, -0.1) is 0 Å². The van der Waals surface area contributed by atoms with Crippen molar-refractivity contribution in [3.05, 3.63) is 71.8 Å². The smallest absolute Gasteiger partial charge is 0.334 e. The van der Waals surface area contributed by atoms with Crippen molar-refractivity contribution < 1.29 is 33.6 Å². The zero-order chi connectivity index (χ0) is 27.1. The minimum Gasteiger partial charge on any atom is -0.466 e. The molecular formula is C31H44O7. The lowest BCUT2D eigenvalue weighted by molar-refractivity contribution is -0.155. The maximum atomic E-state index is 11.9. The van der Waals surface area contributed by atoms with Crippen LogP contribution >= 0.6 is 0 Å². The van der Waals surface area contributed by atoms with Crippen LogP contribution in [0.2, 0.25) is 0 Å². The minimum atomic E-state index is -1.30. The summed E-state index contributed by atoms with van der Waals surface area (Å²) in [5.74, 6) is -1.09. The molecule has 38 heavy (non-hydrogen) atoms. The van der Waals surface area contributed by atoms with Crippen molar-refractivity contribution in [2.24, 2.45) is 0 Å². The van der Waals surface area contributed by atoms with Crippen LogP contribution in [0.25, 0.3) is 0 Å². The molecule has 0 aliphatic carbocycles. The highest BCUT2D eigenvalue weighted by Gasteiger charge is 2.18. The monoisotopic (exact) mass is 528 g/mol. The summed E-state index contributed by atoms with van der Waals surface area (Å²) in [7, 11) is 0. The fourth-order valence-corrected chi connectivity index (χ4v) is 3.75. The fraction of sp³-hybridized carbons (Fsp3) is 0.548. The van der Waals surface area contributed by atoms with Crippen LogP contribution < -0.4 is 0 Å². The summed E-state index contributed by atoms with van der Waals surface area (Å²) in [6.45, 7) is 3.28. The van der Waals surface area contributed by atoms with Crippen molar-refractivity contribution in [1.82, 2.24) is 0 Å². The Morgan fingerprint density at radius 3 is 1.55 bits per heavy atom. The summed E-state index contributed by atoms with van der Waals surface area (Å²) in [4.78, 5) is 23.7. The lowest BCUT2D eigenvalue weighted by Crippen LogP contribution is -2.24. The van der Waals surface area contributed by atoms with E-state index in [4.69, 9.17) is 18.9 Å². The van der Waals surface area contributed by atoms with Gasteiger partial charge < -0.3 is 24.1 Å². The molecule has 1 unspecified atom stereocenters. The normalized spacial score (nSPS) is 11.7. The molecule has 0 radical (unpaired) electrons. The van der Waals surface area contributed by atoms with E-state index >= 15 is 0 Å². The Labute approximate surface area is 227 Å². The van der Waals surface area contributed by atoms with Gasteiger partial charge in [0, 0.05) is 19.6 Å². The summed E-state index contributed by atoms with van der Waals surface area (Å²) < 4.78 is 21.6. The highest BCUT2D eigenvalue weighted by molar-refractivity contribution is 5.76. The molecule has 2 aromatic rings. The molecule has 7 heteroatoms. The molecule has 210 valence electrons. The van der Waals surface area contributed by atoms with Gasteiger partial charge in [0.15, 0.2) is 6.10 Å². The van der Waals surface area contributed by atoms with Crippen LogP contribution in [-0.4, -0.2) is 49.6 Å². The van der Waals surface area contributed by atoms with Gasteiger partial charge in [-0.25, -0.2) is 4.79 Å². The predicted molar refractivity (Wildman–Crippen MR) is 146 cm³/mol. The van der Waals surface area contributed by atoms with E-state index < -0.39 is 18.0 Å². The van der Waals surface area contributed by atoms with Crippen LogP contribution in [0.1, 0.15) is 75.3 Å². The van der Waals surface area contributed by atoms with E-state index in [0.29, 0.717) is 33.0 Å². The number of ether oxygens (including phenoxy) is 4. The maximum Gasteiger partial charge on any atom is 0.334 e. The van der Waals surface area contributed by atoms with Gasteiger partial charge in [-0.3, -0.25) is 4.79 Å². The van der Waals surface area contributed by atoms with Crippen LogP contribution in [0.4, 0.5) is 0 Å². The molecule has 0 fully saturated rings. The van der Waals surface area contributed by atoms with Gasteiger partial charge in [-0.05, 0) is 56.1 Å². The van der Waals surface area contributed by atoms with Gasteiger partial charge in [0.1, 0.15) is 0 Å². The third kappa shape index (κ3) is 16.2. The van der Waals surface area contributed by atoms with Crippen LogP contribution in [-0.2, 0) is 41.8 Å². The van der Waals surface area contributed by atoms with Gasteiger partial charge in [0.05, 0.1) is 26.4 Å². The second-order valence-corrected chi connectivity index (χ2v) is 9.35. The molecule has 0 aliphatic rings. The molecule has 2 aromatic carbocycles. The van der Waals surface area contributed by atoms with Crippen molar-refractivity contribution >= 4 is 11.9 Å². The molecule has 0 saturated carbocycles. The van der Waals surface area contributed by atoms with Crippen LogP contribution in [0.3, 0.4) is 0 Å². The highest BCUT2D eigenvalue weighted by atomic mass is 16.5. The molecule has 0 saturated heterocycles. The first-order chi connectivity index (χ1) is 18.6. The van der Waals surface area contributed by atoms with Gasteiger partial charge in [0.2, 0.25) is 0 Å². The van der Waals surface area contributed by atoms with Crippen molar-refractivity contribution in [2.75, 3.05) is 26.4 Å². The Bertz CT molecular complexity index is 857. The summed E-state index contributed by atoms with van der Waals surface area (Å²) in [6, 6.07) is 20.1. The quantitative estimate of drug-likeness (QED) is 0.153. The first kappa shape index (κ1) is 31.5. The standard InChI is InChI=1S/C31H44O7/c32-29(31(34)38-24-14-4-2-12-22-36-26-28-17-9-6-10-18-28)19-20-30(33)37-23-13-3-1-11-21-35-25-27-15-7-5-8-16-27/h5-10,15-18,29,32H,1-4,11-14,19-26H2. The summed E-state index contributed by atoms with van der Waals surface area (Å²) in [5.41, 5.74) is 2.34. The second-order valence-electron chi connectivity index (χ2n) is 9.35. The first-order valence-corrected chi connectivity index (χ1v) is 13.9. The zero-order valence-electron chi connectivity index (χ0n) is 22.6. The summed E-state index contributed by atoms with van der Waals surface area (Å²) in [6.07, 6.45) is 6.02. The average molecular weight is 529 g/mol. The van der Waals surface area contributed by atoms with Crippen molar-refractivity contribution in [2.45, 2.75) is 83.5 Å². The van der Waals surface area contributed by atoms with Crippen LogP contribution in [0.15, 0.2) is 60.7 Å². The fourth-order valence-electron chi connectivity index (χ4n) is 3.75. The van der Waals surface area contributed by atoms with E-state index in [9.17, 15) is 14.7 Å². The van der Waals surface area contributed by atoms with E-state index in [1.54, 1.807) is 0 Å². The van der Waals surface area contributed by atoms with Crippen molar-refractivity contribution in [3.8, 4) is 0 Å². The lowest BCUT2D eigenvalue weighted by Gasteiger charge is -2.11. The molecule has 1 N–H and O–H groups in total. The highest BCUT2D eigenvalue weighted by Crippen LogP contribution is 2.08. The molecule has 0 spiro atoms. The molecule has 1 atom stereocenters. The number of hydrogen-bond acceptors (Lipinski definition) is 7. The molecule has 0 aliphatic heterocycles. The van der Waals surface area contributed by atoms with Gasteiger partial charge in [-0.2, -0.15) is 0 Å². The van der Waals surface area contributed by atoms with E-state index in [1.807, 2.05) is 60.7 Å². The third-order valence-corrected chi connectivity index (χ3v) is 5.99. The molecule has 0 heterocycles. The van der Waals surface area contributed by atoms with Crippen molar-refractivity contribution in [1.29, 1.82) is 0 Å². The zero-order valence-corrected chi connectivity index (χ0v) is 22.6. The number of carbonyl (C=O) groups is 2. The maximum absolute atomic E-state index is 11.9. The Morgan fingerprint density at radius 1 is 0.605 bits per heavy atom. The van der Waals surface area contributed by atoms with Crippen molar-refractivity contribution in [3.63, 3.8) is 0 Å². The Kier molecular flexibility index (Phi) is 17.6. The lowest BCUT2D eigenvalue weighted by atomic mass is 10.2. The summed E-state index contributed by atoms with van der Waals surface area (Å²) >= 11 is 0. The number of esters is 2. The molecular weight excluding hydrogens is 484 g/mol. The number of aliphatic hydroxyl groups is 1. The molecule has 2 rings (SSSR count). The number of aliphatic hydroxyl groups excluding tert-OH is 1. The number of benzene rings is 2. The van der Waals surface area contributed by atoms with Gasteiger partial charge >= 0.3 is 11.9 Å². The number of carbonyl (C=O) groups excluding carboxylic acids is 2. The average Bonchev–Trinajstić information content (AvgIpc) is 2.95. The topological polar surface area (TPSA) is 91.3 Å². The Morgan fingerprint density at radius 2 is 1.05 bits per heavy atom. The van der Waals surface area contributed by atoms with E-state index in [1.165, 1.54) is 11.1 Å². The summed E-state index contributed by atoms with van der Waals surface area (Å²) in [5, 5.41) is 9.93. The SMILES string of the molecule is O=C(CCC(O)C(=O)OCCCCCCOCc1ccccc1)OCCCCCCOCc1ccccc1. The van der Waals surface area contributed by atoms with E-state index in [-0.39, 0.29) is 19.4 Å². The van der Waals surface area contributed by atoms with Gasteiger partial charge in [-0.1, -0.05) is 73.5 Å². The van der Waals surface area contributed by atoms with Crippen LogP contribution in [0, 0.1) is 0 Å². The van der Waals surface area contributed by atoms with Crippen LogP contribution in [0.5, 0.6) is 0 Å². The van der Waals surface area contributed by atoms with E-state index in [2.05, 4.69) is 0 Å². The molecule has 0 bridgehead atoms. The predicted octanol–water partition coefficient (Wildman–Crippen LogP) is 5.77. The number of unbranched alkanes of at least 4 members (excludes halogenated alkanes) is 6. The Balaban J connectivity index is 1.33. The van der Waals surface area contributed by atoms with Gasteiger partial charge in [0.25, 0.3) is 0 Å². The largest absolute Gasteiger partial charge is 0.466 e. The molecule has 7 nitrogen and oxygen atoms in total. The minimum absolute atomic E-state index is 0.00737. The number of hydrogen-bond donors (Lipinski definition) is 1.